The van der Waals surface area contributed by atoms with E-state index in [1.807, 2.05) is 36.0 Å². The first-order valence-corrected chi connectivity index (χ1v) is 8.35. The van der Waals surface area contributed by atoms with Gasteiger partial charge in [-0.15, -0.1) is 11.8 Å². The lowest BCUT2D eigenvalue weighted by molar-refractivity contribution is 0.113. The molecule has 2 aromatic rings. The summed E-state index contributed by atoms with van der Waals surface area (Å²) in [5.74, 6) is 1.04. The van der Waals surface area contributed by atoms with Gasteiger partial charge >= 0.3 is 0 Å². The molecule has 21 heavy (non-hydrogen) atoms. The number of benzene rings is 2. The van der Waals surface area contributed by atoms with Crippen LogP contribution in [0.15, 0.2) is 65.6 Å². The molecular formula is C18H20O2S. The van der Waals surface area contributed by atoms with Crippen molar-refractivity contribution >= 4 is 11.8 Å². The van der Waals surface area contributed by atoms with E-state index in [1.165, 1.54) is 10.5 Å². The fourth-order valence-corrected chi connectivity index (χ4v) is 3.24. The zero-order valence-corrected chi connectivity index (χ0v) is 12.8. The Kier molecular flexibility index (Phi) is 5.33. The molecule has 0 spiro atoms. The van der Waals surface area contributed by atoms with Crippen molar-refractivity contribution in [2.75, 3.05) is 12.4 Å². The topological polar surface area (TPSA) is 21.8 Å². The second-order valence-corrected chi connectivity index (χ2v) is 6.26. The quantitative estimate of drug-likeness (QED) is 0.415. The van der Waals surface area contributed by atoms with E-state index in [2.05, 4.69) is 36.4 Å². The molecule has 1 aliphatic rings. The standard InChI is InChI=1S/C18H20O2S/c1-3-7-15(8-4-1)13-19-12-11-17-18(20-17)14-21-16-9-5-2-6-10-16/h1-10,17-18H,11-14H2/t17-,18+/m1/s1. The maximum Gasteiger partial charge on any atom is 0.0936 e. The van der Waals surface area contributed by atoms with Gasteiger partial charge in [-0.05, 0) is 24.1 Å². The average Bonchev–Trinajstić information content (AvgIpc) is 3.30. The van der Waals surface area contributed by atoms with Gasteiger partial charge in [0.05, 0.1) is 18.8 Å². The molecule has 2 atom stereocenters. The van der Waals surface area contributed by atoms with Gasteiger partial charge in [-0.2, -0.15) is 0 Å². The van der Waals surface area contributed by atoms with Crippen LogP contribution in [0.4, 0.5) is 0 Å². The molecule has 110 valence electrons. The summed E-state index contributed by atoms with van der Waals surface area (Å²) < 4.78 is 11.4. The molecule has 0 saturated carbocycles. The van der Waals surface area contributed by atoms with E-state index in [1.54, 1.807) is 0 Å². The minimum atomic E-state index is 0.386. The molecule has 1 heterocycles. The highest BCUT2D eigenvalue weighted by Crippen LogP contribution is 2.31. The first kappa shape index (κ1) is 14.6. The van der Waals surface area contributed by atoms with Crippen LogP contribution in [-0.2, 0) is 16.1 Å². The Morgan fingerprint density at radius 2 is 1.62 bits per heavy atom. The molecule has 0 radical (unpaired) electrons. The summed E-state index contributed by atoms with van der Waals surface area (Å²) in [6, 6.07) is 20.8. The summed E-state index contributed by atoms with van der Waals surface area (Å²) >= 11 is 1.87. The molecule has 2 aromatic carbocycles. The van der Waals surface area contributed by atoms with E-state index < -0.39 is 0 Å². The molecular weight excluding hydrogens is 280 g/mol. The summed E-state index contributed by atoms with van der Waals surface area (Å²) in [5, 5.41) is 0. The van der Waals surface area contributed by atoms with E-state index in [4.69, 9.17) is 9.47 Å². The van der Waals surface area contributed by atoms with Crippen LogP contribution in [0.5, 0.6) is 0 Å². The lowest BCUT2D eigenvalue weighted by atomic mass is 10.2. The normalized spacial score (nSPS) is 20.4. The van der Waals surface area contributed by atoms with E-state index in [0.717, 1.165) is 18.8 Å². The van der Waals surface area contributed by atoms with Crippen LogP contribution in [0.3, 0.4) is 0 Å². The van der Waals surface area contributed by atoms with Crippen molar-refractivity contribution in [2.45, 2.75) is 30.1 Å². The van der Waals surface area contributed by atoms with Gasteiger partial charge in [0.1, 0.15) is 0 Å². The molecule has 0 aliphatic carbocycles. The van der Waals surface area contributed by atoms with Crippen molar-refractivity contribution in [1.82, 2.24) is 0 Å². The second-order valence-electron chi connectivity index (χ2n) is 5.16. The number of hydrogen-bond donors (Lipinski definition) is 0. The van der Waals surface area contributed by atoms with Gasteiger partial charge in [-0.3, -0.25) is 0 Å². The molecule has 0 unspecified atom stereocenters. The SMILES string of the molecule is c1ccc(COCC[C@H]2O[C@H]2CSc2ccccc2)cc1. The monoisotopic (exact) mass is 300 g/mol. The van der Waals surface area contributed by atoms with Gasteiger partial charge in [0.25, 0.3) is 0 Å². The Bertz CT molecular complexity index is 529. The van der Waals surface area contributed by atoms with Gasteiger partial charge in [-0.1, -0.05) is 48.5 Å². The first-order chi connectivity index (χ1) is 10.4. The van der Waals surface area contributed by atoms with Crippen molar-refractivity contribution in [3.8, 4) is 0 Å². The van der Waals surface area contributed by atoms with Crippen LogP contribution in [0.2, 0.25) is 0 Å². The zero-order chi connectivity index (χ0) is 14.3. The molecule has 3 heteroatoms. The van der Waals surface area contributed by atoms with Crippen molar-refractivity contribution in [1.29, 1.82) is 0 Å². The maximum atomic E-state index is 5.69. The number of rotatable bonds is 8. The van der Waals surface area contributed by atoms with Crippen molar-refractivity contribution < 1.29 is 9.47 Å². The smallest absolute Gasteiger partial charge is 0.0936 e. The number of epoxide rings is 1. The minimum Gasteiger partial charge on any atom is -0.377 e. The Morgan fingerprint density at radius 3 is 2.38 bits per heavy atom. The summed E-state index contributed by atoms with van der Waals surface area (Å²) in [6.07, 6.45) is 1.78. The van der Waals surface area contributed by atoms with Crippen molar-refractivity contribution in [3.63, 3.8) is 0 Å². The predicted octanol–water partition coefficient (Wildman–Crippen LogP) is 4.15. The van der Waals surface area contributed by atoms with E-state index in [9.17, 15) is 0 Å². The Morgan fingerprint density at radius 1 is 0.905 bits per heavy atom. The highest BCUT2D eigenvalue weighted by atomic mass is 32.2. The fraction of sp³-hybridized carbons (Fsp3) is 0.333. The first-order valence-electron chi connectivity index (χ1n) is 7.37. The lowest BCUT2D eigenvalue weighted by Gasteiger charge is -2.02. The number of hydrogen-bond acceptors (Lipinski definition) is 3. The van der Waals surface area contributed by atoms with Gasteiger partial charge in [0.15, 0.2) is 0 Å². The average molecular weight is 300 g/mol. The molecule has 3 rings (SSSR count). The summed E-state index contributed by atoms with van der Waals surface area (Å²) in [7, 11) is 0. The fourth-order valence-electron chi connectivity index (χ4n) is 2.24. The Labute approximate surface area is 130 Å². The molecule has 0 N–H and O–H groups in total. The van der Waals surface area contributed by atoms with Gasteiger partial charge < -0.3 is 9.47 Å². The molecule has 1 saturated heterocycles. The van der Waals surface area contributed by atoms with E-state index >= 15 is 0 Å². The van der Waals surface area contributed by atoms with Crippen LogP contribution in [0.1, 0.15) is 12.0 Å². The molecule has 0 amide bonds. The van der Waals surface area contributed by atoms with E-state index in [-0.39, 0.29) is 0 Å². The molecule has 1 fully saturated rings. The summed E-state index contributed by atoms with van der Waals surface area (Å²) in [6.45, 7) is 1.46. The molecule has 0 bridgehead atoms. The van der Waals surface area contributed by atoms with Crippen LogP contribution >= 0.6 is 11.8 Å². The lowest BCUT2D eigenvalue weighted by Crippen LogP contribution is -2.03. The second kappa shape index (κ2) is 7.64. The highest BCUT2D eigenvalue weighted by molar-refractivity contribution is 7.99. The Balaban J connectivity index is 1.27. The number of thioether (sulfide) groups is 1. The van der Waals surface area contributed by atoms with Gasteiger partial charge in [0.2, 0.25) is 0 Å². The summed E-state index contributed by atoms with van der Waals surface area (Å²) in [4.78, 5) is 1.31. The zero-order valence-electron chi connectivity index (χ0n) is 12.0. The van der Waals surface area contributed by atoms with Crippen molar-refractivity contribution in [3.05, 3.63) is 66.2 Å². The third kappa shape index (κ3) is 4.88. The third-order valence-electron chi connectivity index (χ3n) is 3.50. The minimum absolute atomic E-state index is 0.386. The highest BCUT2D eigenvalue weighted by Gasteiger charge is 2.37. The van der Waals surface area contributed by atoms with Gasteiger partial charge in [0, 0.05) is 17.3 Å². The van der Waals surface area contributed by atoms with Crippen LogP contribution in [0.25, 0.3) is 0 Å². The maximum absolute atomic E-state index is 5.69. The largest absolute Gasteiger partial charge is 0.377 e. The van der Waals surface area contributed by atoms with E-state index in [0.29, 0.717) is 18.8 Å². The Hall–Kier alpha value is -1.29. The predicted molar refractivity (Wildman–Crippen MR) is 86.5 cm³/mol. The molecule has 1 aliphatic heterocycles. The summed E-state index contributed by atoms with van der Waals surface area (Å²) in [5.41, 5.74) is 1.23. The molecule has 0 aromatic heterocycles. The van der Waals surface area contributed by atoms with Gasteiger partial charge in [-0.25, -0.2) is 0 Å². The van der Waals surface area contributed by atoms with Crippen molar-refractivity contribution in [2.24, 2.45) is 0 Å². The van der Waals surface area contributed by atoms with Crippen LogP contribution in [0, 0.1) is 0 Å². The third-order valence-corrected chi connectivity index (χ3v) is 4.60. The molecule has 2 nitrogen and oxygen atoms in total. The number of ether oxygens (including phenoxy) is 2. The van der Waals surface area contributed by atoms with Crippen LogP contribution < -0.4 is 0 Å². The van der Waals surface area contributed by atoms with Crippen LogP contribution in [-0.4, -0.2) is 24.6 Å².